The Labute approximate surface area is 267 Å². The summed E-state index contributed by atoms with van der Waals surface area (Å²) in [6, 6.07) is 9.48. The van der Waals surface area contributed by atoms with Crippen molar-refractivity contribution in [2.24, 2.45) is 11.7 Å². The number of nitrogens with one attached hydrogen (secondary N) is 1. The third kappa shape index (κ3) is 5.27. The van der Waals surface area contributed by atoms with Crippen LogP contribution in [0.3, 0.4) is 0 Å². The van der Waals surface area contributed by atoms with Crippen molar-refractivity contribution in [2.45, 2.75) is 76.1 Å². The van der Waals surface area contributed by atoms with E-state index in [0.717, 1.165) is 66.0 Å². The molecule has 8 rings (SSSR count). The molecule has 3 amide bonds. The Morgan fingerprint density at radius 3 is 2.57 bits per heavy atom. The van der Waals surface area contributed by atoms with Gasteiger partial charge in [0.15, 0.2) is 5.88 Å². The number of aliphatic hydroxyl groups excluding tert-OH is 1. The van der Waals surface area contributed by atoms with Crippen molar-refractivity contribution in [3.8, 4) is 17.3 Å². The lowest BCUT2D eigenvalue weighted by Gasteiger charge is -2.36. The van der Waals surface area contributed by atoms with Crippen molar-refractivity contribution in [3.05, 3.63) is 47.3 Å². The van der Waals surface area contributed by atoms with Crippen LogP contribution < -0.4 is 15.8 Å². The van der Waals surface area contributed by atoms with Gasteiger partial charge in [0.25, 0.3) is 5.91 Å². The number of ether oxygens (including phenoxy) is 1. The number of fused-ring (bicyclic) bond motifs is 2. The predicted molar refractivity (Wildman–Crippen MR) is 173 cm³/mol. The Balaban J connectivity index is 1.20. The van der Waals surface area contributed by atoms with Crippen LogP contribution in [0.25, 0.3) is 28.1 Å². The second kappa shape index (κ2) is 11.3. The lowest BCUT2D eigenvalue weighted by Crippen LogP contribution is -2.56. The van der Waals surface area contributed by atoms with Gasteiger partial charge in [-0.25, -0.2) is 14.8 Å². The SMILES string of the molecule is COc1cc(C(=O)N2CCC[C@@H](N)C2)cc2nc(-c3cc4ccc([C@@H](C)NC(=O)N5CC(O)C5)nc4n3CC3CC3)c(C3CC3)n12. The van der Waals surface area contributed by atoms with Gasteiger partial charge < -0.3 is 35.3 Å². The van der Waals surface area contributed by atoms with E-state index in [4.69, 9.17) is 20.4 Å². The summed E-state index contributed by atoms with van der Waals surface area (Å²) in [6.45, 7) is 4.75. The summed E-state index contributed by atoms with van der Waals surface area (Å²) in [5.74, 6) is 1.50. The van der Waals surface area contributed by atoms with Gasteiger partial charge in [-0.15, -0.1) is 0 Å². The quantitative estimate of drug-likeness (QED) is 0.271. The van der Waals surface area contributed by atoms with Crippen LogP contribution in [0.5, 0.6) is 5.88 Å². The molecule has 2 saturated heterocycles. The van der Waals surface area contributed by atoms with Crippen molar-refractivity contribution >= 4 is 28.6 Å². The molecule has 4 N–H and O–H groups in total. The summed E-state index contributed by atoms with van der Waals surface area (Å²) in [5.41, 5.74) is 12.2. The number of aliphatic hydroxyl groups is 1. The Morgan fingerprint density at radius 2 is 1.87 bits per heavy atom. The van der Waals surface area contributed by atoms with E-state index in [0.29, 0.717) is 55.1 Å². The van der Waals surface area contributed by atoms with Gasteiger partial charge in [0, 0.05) is 48.6 Å². The maximum atomic E-state index is 13.6. The number of amides is 3. The first-order valence-corrected chi connectivity index (χ1v) is 16.7. The van der Waals surface area contributed by atoms with Gasteiger partial charge in [0.1, 0.15) is 17.0 Å². The van der Waals surface area contributed by atoms with Gasteiger partial charge >= 0.3 is 6.03 Å². The minimum atomic E-state index is -0.444. The van der Waals surface area contributed by atoms with Gasteiger partial charge in [0.05, 0.1) is 49.4 Å². The summed E-state index contributed by atoms with van der Waals surface area (Å²) in [5, 5.41) is 13.7. The van der Waals surface area contributed by atoms with E-state index in [-0.39, 0.29) is 24.0 Å². The molecule has 0 bridgehead atoms. The lowest BCUT2D eigenvalue weighted by atomic mass is 10.1. The Hall–Kier alpha value is -4.16. The smallest absolute Gasteiger partial charge is 0.318 e. The van der Waals surface area contributed by atoms with E-state index in [1.807, 2.05) is 30.0 Å². The number of piperidine rings is 1. The Kier molecular flexibility index (Phi) is 7.17. The van der Waals surface area contributed by atoms with E-state index in [9.17, 15) is 14.7 Å². The van der Waals surface area contributed by atoms with E-state index in [1.54, 1.807) is 12.0 Å². The van der Waals surface area contributed by atoms with Crippen LogP contribution in [-0.2, 0) is 6.54 Å². The number of hydrogen-bond acceptors (Lipinski definition) is 7. The zero-order valence-electron chi connectivity index (χ0n) is 26.5. The number of nitrogens with two attached hydrogens (primary N) is 1. The predicted octanol–water partition coefficient (Wildman–Crippen LogP) is 3.66. The second-order valence-corrected chi connectivity index (χ2v) is 13.7. The Bertz CT molecular complexity index is 1830. The summed E-state index contributed by atoms with van der Waals surface area (Å²) in [6.07, 6.45) is 5.92. The molecule has 2 atom stereocenters. The van der Waals surface area contributed by atoms with Gasteiger partial charge in [-0.3, -0.25) is 9.20 Å². The van der Waals surface area contributed by atoms with Crippen molar-refractivity contribution in [1.82, 2.24) is 34.1 Å². The zero-order valence-corrected chi connectivity index (χ0v) is 26.5. The highest BCUT2D eigenvalue weighted by Crippen LogP contribution is 2.47. The normalized spacial score (nSPS) is 21.1. The molecule has 2 aliphatic carbocycles. The number of pyridine rings is 2. The molecule has 12 nitrogen and oxygen atoms in total. The number of aromatic nitrogens is 4. The van der Waals surface area contributed by atoms with Crippen LogP contribution in [0, 0.1) is 5.92 Å². The molecule has 2 aliphatic heterocycles. The molecule has 4 aliphatic rings. The molecule has 4 aromatic rings. The molecule has 2 saturated carbocycles. The van der Waals surface area contributed by atoms with E-state index in [1.165, 1.54) is 12.8 Å². The monoisotopic (exact) mass is 626 g/mol. The fourth-order valence-electron chi connectivity index (χ4n) is 7.02. The minimum Gasteiger partial charge on any atom is -0.482 e. The summed E-state index contributed by atoms with van der Waals surface area (Å²) in [4.78, 5) is 40.1. The number of carbonyl (C=O) groups is 2. The number of likely N-dealkylation sites (tertiary alicyclic amines) is 2. The van der Waals surface area contributed by atoms with Crippen molar-refractivity contribution in [1.29, 1.82) is 0 Å². The molecular formula is C34H42N8O4. The molecule has 0 unspecified atom stereocenters. The molecule has 46 heavy (non-hydrogen) atoms. The highest BCUT2D eigenvalue weighted by Gasteiger charge is 2.35. The van der Waals surface area contributed by atoms with Crippen LogP contribution in [0.2, 0.25) is 0 Å². The highest BCUT2D eigenvalue weighted by atomic mass is 16.5. The number of β-amino-alcohol motifs (C(OH)–C–C–N with tert-alkyl or cyclic N) is 1. The van der Waals surface area contributed by atoms with Gasteiger partial charge in [-0.2, -0.15) is 0 Å². The van der Waals surface area contributed by atoms with Crippen LogP contribution in [0.15, 0.2) is 30.3 Å². The third-order valence-electron chi connectivity index (χ3n) is 9.97. The molecule has 0 radical (unpaired) electrons. The number of methoxy groups -OCH3 is 1. The van der Waals surface area contributed by atoms with Crippen molar-refractivity contribution in [2.75, 3.05) is 33.3 Å². The fraction of sp³-hybridized carbons (Fsp3) is 0.529. The summed E-state index contributed by atoms with van der Waals surface area (Å²) in [7, 11) is 1.65. The molecule has 4 fully saturated rings. The van der Waals surface area contributed by atoms with E-state index in [2.05, 4.69) is 26.4 Å². The fourth-order valence-corrected chi connectivity index (χ4v) is 7.02. The van der Waals surface area contributed by atoms with E-state index < -0.39 is 6.10 Å². The zero-order chi connectivity index (χ0) is 31.7. The van der Waals surface area contributed by atoms with Crippen LogP contribution in [-0.4, -0.2) is 91.2 Å². The van der Waals surface area contributed by atoms with Gasteiger partial charge in [0.2, 0.25) is 0 Å². The Morgan fingerprint density at radius 1 is 1.07 bits per heavy atom. The molecule has 0 spiro atoms. The molecular weight excluding hydrogens is 584 g/mol. The lowest BCUT2D eigenvalue weighted by molar-refractivity contribution is 0.0259. The van der Waals surface area contributed by atoms with E-state index >= 15 is 0 Å². The number of rotatable bonds is 8. The van der Waals surface area contributed by atoms with Crippen LogP contribution in [0.4, 0.5) is 4.79 Å². The van der Waals surface area contributed by atoms with Crippen LogP contribution >= 0.6 is 0 Å². The molecule has 4 aromatic heterocycles. The average Bonchev–Trinajstić information content (AvgIpc) is 3.97. The molecule has 242 valence electrons. The molecule has 12 heteroatoms. The minimum absolute atomic E-state index is 0.000797. The van der Waals surface area contributed by atoms with Crippen molar-refractivity contribution in [3.63, 3.8) is 0 Å². The number of nitrogens with zero attached hydrogens (tertiary/aromatic N) is 6. The first kappa shape index (κ1) is 29.3. The second-order valence-electron chi connectivity index (χ2n) is 13.7. The standard InChI is InChI=1S/C34H42N8O4/c1-19(36-34(45)40-17-25(43)18-40)26-10-9-22-12-27(41(32(22)37-26)15-20-5-6-20)30-31(21-7-8-21)42-28(38-30)13-23(14-29(42)46-2)33(44)39-11-3-4-24(35)16-39/h9-10,12-14,19-21,24-25,43H,3-8,11,15-18,35H2,1-2H3,(H,36,45)/t19-,24-/m1/s1. The number of carbonyl (C=O) groups excluding carboxylic acids is 2. The largest absolute Gasteiger partial charge is 0.482 e. The first-order chi connectivity index (χ1) is 22.3. The summed E-state index contributed by atoms with van der Waals surface area (Å²) >= 11 is 0. The topological polar surface area (TPSA) is 143 Å². The van der Waals surface area contributed by atoms with Gasteiger partial charge in [-0.05, 0) is 75.6 Å². The number of hydrogen-bond donors (Lipinski definition) is 3. The first-order valence-electron chi connectivity index (χ1n) is 16.7. The molecule has 0 aromatic carbocycles. The maximum absolute atomic E-state index is 13.6. The highest BCUT2D eigenvalue weighted by molar-refractivity contribution is 5.96. The summed E-state index contributed by atoms with van der Waals surface area (Å²) < 4.78 is 10.3. The molecule has 6 heterocycles. The number of imidazole rings is 1. The average molecular weight is 627 g/mol. The van der Waals surface area contributed by atoms with Crippen LogP contribution in [0.1, 0.15) is 79.2 Å². The van der Waals surface area contributed by atoms with Gasteiger partial charge in [-0.1, -0.05) is 0 Å². The number of urea groups is 1. The van der Waals surface area contributed by atoms with Crippen molar-refractivity contribution < 1.29 is 19.4 Å². The maximum Gasteiger partial charge on any atom is 0.318 e. The third-order valence-corrected chi connectivity index (χ3v) is 9.97.